The summed E-state index contributed by atoms with van der Waals surface area (Å²) in [5, 5.41) is 2.00. The molecule has 2 rings (SSSR count). The lowest BCUT2D eigenvalue weighted by Gasteiger charge is -1.86. The van der Waals surface area contributed by atoms with Crippen molar-refractivity contribution in [1.82, 2.24) is 4.98 Å². The smallest absolute Gasteiger partial charge is 0.236 e. The van der Waals surface area contributed by atoms with E-state index < -0.39 is 0 Å². The van der Waals surface area contributed by atoms with Gasteiger partial charge in [-0.15, -0.1) is 11.3 Å². The lowest BCUT2D eigenvalue weighted by molar-refractivity contribution is 0.574. The molecular formula is C9H10N2OS. The molecule has 0 aromatic carbocycles. The maximum Gasteiger partial charge on any atom is 0.236 e. The Morgan fingerprint density at radius 2 is 2.46 bits per heavy atom. The zero-order valence-corrected chi connectivity index (χ0v) is 7.88. The fraction of sp³-hybridized carbons (Fsp3) is 0.222. The molecule has 0 saturated carbocycles. The van der Waals surface area contributed by atoms with Gasteiger partial charge in [0.2, 0.25) is 5.89 Å². The second-order valence-electron chi connectivity index (χ2n) is 2.66. The van der Waals surface area contributed by atoms with Crippen molar-refractivity contribution in [1.29, 1.82) is 0 Å². The van der Waals surface area contributed by atoms with Crippen molar-refractivity contribution in [3.05, 3.63) is 29.5 Å². The monoisotopic (exact) mass is 194 g/mol. The van der Waals surface area contributed by atoms with Crippen LogP contribution in [0.5, 0.6) is 0 Å². The van der Waals surface area contributed by atoms with Crippen LogP contribution in [0.15, 0.2) is 28.2 Å². The van der Waals surface area contributed by atoms with Crippen molar-refractivity contribution in [3.8, 4) is 10.8 Å². The zero-order chi connectivity index (χ0) is 9.10. The molecule has 0 saturated heterocycles. The molecule has 0 aliphatic carbocycles. The van der Waals surface area contributed by atoms with E-state index in [-0.39, 0.29) is 0 Å². The topological polar surface area (TPSA) is 52.0 Å². The molecule has 2 heterocycles. The van der Waals surface area contributed by atoms with Crippen molar-refractivity contribution >= 4 is 11.3 Å². The first-order chi connectivity index (χ1) is 6.40. The predicted octanol–water partition coefficient (Wildman–Crippen LogP) is 1.90. The fourth-order valence-corrected chi connectivity index (χ4v) is 1.74. The Morgan fingerprint density at radius 1 is 1.54 bits per heavy atom. The van der Waals surface area contributed by atoms with Crippen molar-refractivity contribution in [2.45, 2.75) is 6.42 Å². The number of hydrogen-bond acceptors (Lipinski definition) is 4. The SMILES string of the molecule is NCCc1coc(-c2cccs2)n1. The Balaban J connectivity index is 2.23. The van der Waals surface area contributed by atoms with E-state index in [4.69, 9.17) is 10.2 Å². The Morgan fingerprint density at radius 3 is 3.15 bits per heavy atom. The van der Waals surface area contributed by atoms with E-state index in [0.29, 0.717) is 12.4 Å². The minimum Gasteiger partial charge on any atom is -0.444 e. The molecule has 0 amide bonds. The van der Waals surface area contributed by atoms with Crippen LogP contribution >= 0.6 is 11.3 Å². The van der Waals surface area contributed by atoms with Gasteiger partial charge in [-0.25, -0.2) is 4.98 Å². The molecule has 0 atom stereocenters. The molecular weight excluding hydrogens is 184 g/mol. The number of hydrogen-bond donors (Lipinski definition) is 1. The third-order valence-electron chi connectivity index (χ3n) is 1.68. The number of rotatable bonds is 3. The molecule has 0 unspecified atom stereocenters. The maximum absolute atomic E-state index is 5.41. The summed E-state index contributed by atoms with van der Waals surface area (Å²) >= 11 is 1.62. The van der Waals surface area contributed by atoms with Gasteiger partial charge in [0.15, 0.2) is 0 Å². The number of thiophene rings is 1. The standard InChI is InChI=1S/C9H10N2OS/c10-4-3-7-6-12-9(11-7)8-2-1-5-13-8/h1-2,5-6H,3-4,10H2. The second-order valence-corrected chi connectivity index (χ2v) is 3.61. The quantitative estimate of drug-likeness (QED) is 0.812. The van der Waals surface area contributed by atoms with Gasteiger partial charge in [-0.2, -0.15) is 0 Å². The van der Waals surface area contributed by atoms with Gasteiger partial charge in [-0.05, 0) is 18.0 Å². The van der Waals surface area contributed by atoms with Crippen LogP contribution in [0.25, 0.3) is 10.8 Å². The molecule has 0 aliphatic rings. The summed E-state index contributed by atoms with van der Waals surface area (Å²) in [5.74, 6) is 0.693. The Bertz CT molecular complexity index is 367. The first-order valence-electron chi connectivity index (χ1n) is 4.08. The van der Waals surface area contributed by atoms with Gasteiger partial charge < -0.3 is 10.2 Å². The van der Waals surface area contributed by atoms with Crippen molar-refractivity contribution in [3.63, 3.8) is 0 Å². The lowest BCUT2D eigenvalue weighted by Crippen LogP contribution is -2.02. The minimum absolute atomic E-state index is 0.608. The second kappa shape index (κ2) is 3.72. The molecule has 13 heavy (non-hydrogen) atoms. The normalized spacial score (nSPS) is 10.5. The van der Waals surface area contributed by atoms with E-state index in [1.54, 1.807) is 17.6 Å². The van der Waals surface area contributed by atoms with Crippen LogP contribution in [0.2, 0.25) is 0 Å². The summed E-state index contributed by atoms with van der Waals surface area (Å²) in [4.78, 5) is 5.36. The van der Waals surface area contributed by atoms with E-state index in [9.17, 15) is 0 Å². The van der Waals surface area contributed by atoms with E-state index >= 15 is 0 Å². The van der Waals surface area contributed by atoms with Gasteiger partial charge in [-0.3, -0.25) is 0 Å². The van der Waals surface area contributed by atoms with Gasteiger partial charge in [-0.1, -0.05) is 6.07 Å². The molecule has 2 aromatic rings. The van der Waals surface area contributed by atoms with E-state index in [1.807, 2.05) is 17.5 Å². The molecule has 68 valence electrons. The van der Waals surface area contributed by atoms with Crippen LogP contribution in [-0.4, -0.2) is 11.5 Å². The molecule has 3 nitrogen and oxygen atoms in total. The van der Waals surface area contributed by atoms with E-state index in [2.05, 4.69) is 4.98 Å². The predicted molar refractivity (Wildman–Crippen MR) is 52.6 cm³/mol. The fourth-order valence-electron chi connectivity index (χ4n) is 1.08. The Hall–Kier alpha value is -1.13. The first kappa shape index (κ1) is 8.47. The van der Waals surface area contributed by atoms with Crippen LogP contribution in [-0.2, 0) is 6.42 Å². The average Bonchev–Trinajstić information content (AvgIpc) is 2.70. The van der Waals surface area contributed by atoms with Crippen molar-refractivity contribution in [2.24, 2.45) is 5.73 Å². The number of oxazole rings is 1. The lowest BCUT2D eigenvalue weighted by atomic mass is 10.3. The van der Waals surface area contributed by atoms with Gasteiger partial charge in [0.1, 0.15) is 6.26 Å². The van der Waals surface area contributed by atoms with E-state index in [1.165, 1.54) is 0 Å². The summed E-state index contributed by atoms with van der Waals surface area (Å²) in [6.07, 6.45) is 2.44. The molecule has 0 bridgehead atoms. The highest BCUT2D eigenvalue weighted by Gasteiger charge is 2.05. The molecule has 2 aromatic heterocycles. The summed E-state index contributed by atoms with van der Waals surface area (Å²) in [5.41, 5.74) is 6.33. The molecule has 0 fully saturated rings. The van der Waals surface area contributed by atoms with Crippen LogP contribution in [0.3, 0.4) is 0 Å². The van der Waals surface area contributed by atoms with Crippen LogP contribution in [0.1, 0.15) is 5.69 Å². The third kappa shape index (κ3) is 1.79. The molecule has 4 heteroatoms. The van der Waals surface area contributed by atoms with Gasteiger partial charge in [0.05, 0.1) is 10.6 Å². The van der Waals surface area contributed by atoms with Crippen LogP contribution in [0.4, 0.5) is 0 Å². The van der Waals surface area contributed by atoms with Crippen molar-refractivity contribution < 1.29 is 4.42 Å². The highest BCUT2D eigenvalue weighted by atomic mass is 32.1. The Labute approximate surface area is 80.2 Å². The summed E-state index contributed by atoms with van der Waals surface area (Å²) in [7, 11) is 0. The van der Waals surface area contributed by atoms with Gasteiger partial charge >= 0.3 is 0 Å². The average molecular weight is 194 g/mol. The Kier molecular flexibility index (Phi) is 2.42. The van der Waals surface area contributed by atoms with Crippen LogP contribution in [0, 0.1) is 0 Å². The zero-order valence-electron chi connectivity index (χ0n) is 7.06. The first-order valence-corrected chi connectivity index (χ1v) is 4.96. The summed E-state index contributed by atoms with van der Waals surface area (Å²) in [6.45, 7) is 0.608. The molecule has 0 spiro atoms. The van der Waals surface area contributed by atoms with Crippen LogP contribution < -0.4 is 5.73 Å². The molecule has 2 N–H and O–H groups in total. The highest BCUT2D eigenvalue weighted by molar-refractivity contribution is 7.13. The molecule has 0 aliphatic heterocycles. The van der Waals surface area contributed by atoms with Crippen molar-refractivity contribution in [2.75, 3.05) is 6.54 Å². The largest absolute Gasteiger partial charge is 0.444 e. The summed E-state index contributed by atoms with van der Waals surface area (Å²) in [6, 6.07) is 3.97. The third-order valence-corrected chi connectivity index (χ3v) is 2.54. The molecule has 0 radical (unpaired) electrons. The number of nitrogens with two attached hydrogens (primary N) is 1. The number of aromatic nitrogens is 1. The highest BCUT2D eigenvalue weighted by Crippen LogP contribution is 2.23. The van der Waals surface area contributed by atoms with E-state index in [0.717, 1.165) is 17.0 Å². The minimum atomic E-state index is 0.608. The summed E-state index contributed by atoms with van der Waals surface area (Å²) < 4.78 is 5.31. The van der Waals surface area contributed by atoms with Gasteiger partial charge in [0.25, 0.3) is 0 Å². The van der Waals surface area contributed by atoms with Gasteiger partial charge in [0, 0.05) is 6.42 Å². The number of nitrogens with zero attached hydrogens (tertiary/aromatic N) is 1. The maximum atomic E-state index is 5.41.